The monoisotopic (exact) mass is 196 g/mol. The molecule has 3 aromatic rings. The van der Waals surface area contributed by atoms with Crippen LogP contribution in [0, 0.1) is 0 Å². The van der Waals surface area contributed by atoms with Gasteiger partial charge in [0, 0.05) is 17.8 Å². The fourth-order valence-electron chi connectivity index (χ4n) is 1.58. The topological polar surface area (TPSA) is 54.5 Å². The molecule has 0 bridgehead atoms. The summed E-state index contributed by atoms with van der Waals surface area (Å²) >= 11 is 0. The van der Waals surface area contributed by atoms with E-state index < -0.39 is 0 Å². The van der Waals surface area contributed by atoms with Crippen molar-refractivity contribution in [2.24, 2.45) is 0 Å². The van der Waals surface area contributed by atoms with Crippen molar-refractivity contribution in [1.82, 2.24) is 20.2 Å². The second kappa shape index (κ2) is 3.16. The van der Waals surface area contributed by atoms with Crippen LogP contribution in [0.25, 0.3) is 22.3 Å². The lowest BCUT2D eigenvalue weighted by atomic mass is 10.2. The first-order chi connectivity index (χ1) is 7.45. The predicted octanol–water partition coefficient (Wildman–Crippen LogP) is 2.02. The van der Waals surface area contributed by atoms with Crippen molar-refractivity contribution in [3.8, 4) is 11.4 Å². The third kappa shape index (κ3) is 1.27. The van der Waals surface area contributed by atoms with Crippen molar-refractivity contribution in [1.29, 1.82) is 0 Å². The summed E-state index contributed by atoms with van der Waals surface area (Å²) in [5.41, 5.74) is 2.60. The van der Waals surface area contributed by atoms with E-state index in [4.69, 9.17) is 0 Å². The molecule has 0 aliphatic rings. The normalized spacial score (nSPS) is 10.7. The standard InChI is InChI=1S/C11H8N4/c1-2-5-12-9(3-1)11-10-8(4-6-13-10)7-14-15-11/h1-7,13H. The third-order valence-corrected chi connectivity index (χ3v) is 2.28. The van der Waals surface area contributed by atoms with E-state index in [1.54, 1.807) is 12.4 Å². The van der Waals surface area contributed by atoms with Crippen LogP contribution in [0.5, 0.6) is 0 Å². The van der Waals surface area contributed by atoms with Crippen LogP contribution >= 0.6 is 0 Å². The minimum Gasteiger partial charge on any atom is -0.359 e. The maximum atomic E-state index is 4.26. The van der Waals surface area contributed by atoms with E-state index in [1.807, 2.05) is 30.5 Å². The second-order valence-electron chi connectivity index (χ2n) is 3.22. The van der Waals surface area contributed by atoms with Crippen LogP contribution < -0.4 is 0 Å². The molecule has 0 saturated heterocycles. The highest BCUT2D eigenvalue weighted by Gasteiger charge is 2.06. The molecule has 1 N–H and O–H groups in total. The van der Waals surface area contributed by atoms with E-state index >= 15 is 0 Å². The van der Waals surface area contributed by atoms with E-state index in [-0.39, 0.29) is 0 Å². The maximum absolute atomic E-state index is 4.26. The Labute approximate surface area is 86.0 Å². The second-order valence-corrected chi connectivity index (χ2v) is 3.22. The Balaban J connectivity index is 2.31. The number of hydrogen-bond donors (Lipinski definition) is 1. The molecule has 15 heavy (non-hydrogen) atoms. The Morgan fingerprint density at radius 1 is 1.13 bits per heavy atom. The minimum absolute atomic E-state index is 0.790. The largest absolute Gasteiger partial charge is 0.359 e. The van der Waals surface area contributed by atoms with Gasteiger partial charge in [0.15, 0.2) is 0 Å². The molecule has 0 atom stereocenters. The molecule has 0 aliphatic carbocycles. The van der Waals surface area contributed by atoms with Crippen LogP contribution in [0.4, 0.5) is 0 Å². The van der Waals surface area contributed by atoms with Gasteiger partial charge in [-0.25, -0.2) is 0 Å². The molecule has 0 unspecified atom stereocenters. The van der Waals surface area contributed by atoms with Crippen LogP contribution in [0.3, 0.4) is 0 Å². The summed E-state index contributed by atoms with van der Waals surface area (Å²) in [7, 11) is 0. The van der Waals surface area contributed by atoms with Crippen molar-refractivity contribution in [2.75, 3.05) is 0 Å². The molecule has 3 heterocycles. The Morgan fingerprint density at radius 3 is 3.00 bits per heavy atom. The summed E-state index contributed by atoms with van der Waals surface area (Å²) in [5, 5.41) is 9.10. The van der Waals surface area contributed by atoms with Crippen LogP contribution in [0.15, 0.2) is 42.9 Å². The average molecular weight is 196 g/mol. The number of H-pyrrole nitrogens is 1. The fraction of sp³-hybridized carbons (Fsp3) is 0. The van der Waals surface area contributed by atoms with Crippen LogP contribution in [0.1, 0.15) is 0 Å². The summed E-state index contributed by atoms with van der Waals surface area (Å²) in [6, 6.07) is 7.71. The predicted molar refractivity (Wildman–Crippen MR) is 57.1 cm³/mol. The number of hydrogen-bond acceptors (Lipinski definition) is 3. The number of nitrogens with zero attached hydrogens (tertiary/aromatic N) is 3. The van der Waals surface area contributed by atoms with Gasteiger partial charge in [-0.2, -0.15) is 5.10 Å². The molecular formula is C11H8N4. The lowest BCUT2D eigenvalue weighted by Gasteiger charge is -1.99. The van der Waals surface area contributed by atoms with Gasteiger partial charge in [0.2, 0.25) is 0 Å². The Kier molecular flexibility index (Phi) is 1.71. The number of pyridine rings is 1. The van der Waals surface area contributed by atoms with Gasteiger partial charge in [0.1, 0.15) is 5.69 Å². The van der Waals surface area contributed by atoms with Gasteiger partial charge in [-0.1, -0.05) is 6.07 Å². The Hall–Kier alpha value is -2.23. The van der Waals surface area contributed by atoms with Gasteiger partial charge in [0.05, 0.1) is 17.4 Å². The maximum Gasteiger partial charge on any atom is 0.135 e. The molecule has 72 valence electrons. The number of aromatic amines is 1. The van der Waals surface area contributed by atoms with Crippen molar-refractivity contribution in [2.45, 2.75) is 0 Å². The molecule has 0 aliphatic heterocycles. The zero-order chi connectivity index (χ0) is 10.1. The van der Waals surface area contributed by atoms with Crippen LogP contribution in [-0.2, 0) is 0 Å². The molecule has 3 aromatic heterocycles. The van der Waals surface area contributed by atoms with E-state index in [2.05, 4.69) is 20.2 Å². The summed E-state index contributed by atoms with van der Waals surface area (Å²) in [4.78, 5) is 7.40. The molecule has 0 fully saturated rings. The summed E-state index contributed by atoms with van der Waals surface area (Å²) in [6.07, 6.45) is 5.36. The average Bonchev–Trinajstić information content (AvgIpc) is 2.78. The first-order valence-electron chi connectivity index (χ1n) is 4.65. The van der Waals surface area contributed by atoms with E-state index in [0.29, 0.717) is 0 Å². The lowest BCUT2D eigenvalue weighted by molar-refractivity contribution is 1.04. The fourth-order valence-corrected chi connectivity index (χ4v) is 1.58. The molecule has 0 saturated carbocycles. The summed E-state index contributed by atoms with van der Waals surface area (Å²) < 4.78 is 0. The quantitative estimate of drug-likeness (QED) is 0.647. The molecular weight excluding hydrogens is 188 g/mol. The van der Waals surface area contributed by atoms with Crippen LogP contribution in [-0.4, -0.2) is 20.2 Å². The highest BCUT2D eigenvalue weighted by Crippen LogP contribution is 2.21. The molecule has 0 radical (unpaired) electrons. The zero-order valence-corrected chi connectivity index (χ0v) is 7.88. The minimum atomic E-state index is 0.790. The van der Waals surface area contributed by atoms with Crippen molar-refractivity contribution >= 4 is 10.9 Å². The molecule has 4 nitrogen and oxygen atoms in total. The molecule has 0 spiro atoms. The summed E-state index contributed by atoms with van der Waals surface area (Å²) in [6.45, 7) is 0. The van der Waals surface area contributed by atoms with Gasteiger partial charge >= 0.3 is 0 Å². The molecule has 0 aromatic carbocycles. The summed E-state index contributed by atoms with van der Waals surface area (Å²) in [5.74, 6) is 0. The number of fused-ring (bicyclic) bond motifs is 1. The van der Waals surface area contributed by atoms with E-state index in [1.165, 1.54) is 0 Å². The van der Waals surface area contributed by atoms with Gasteiger partial charge in [-0.3, -0.25) is 4.98 Å². The molecule has 0 amide bonds. The third-order valence-electron chi connectivity index (χ3n) is 2.28. The van der Waals surface area contributed by atoms with Gasteiger partial charge in [-0.05, 0) is 18.2 Å². The van der Waals surface area contributed by atoms with E-state index in [0.717, 1.165) is 22.3 Å². The highest BCUT2D eigenvalue weighted by molar-refractivity contribution is 5.89. The van der Waals surface area contributed by atoms with Gasteiger partial charge in [0.25, 0.3) is 0 Å². The van der Waals surface area contributed by atoms with Crippen molar-refractivity contribution in [3.05, 3.63) is 42.9 Å². The molecule has 4 heteroatoms. The number of aromatic nitrogens is 4. The lowest BCUT2D eigenvalue weighted by Crippen LogP contribution is -1.90. The smallest absolute Gasteiger partial charge is 0.135 e. The van der Waals surface area contributed by atoms with Crippen LogP contribution in [0.2, 0.25) is 0 Å². The SMILES string of the molecule is c1ccc(-c2nncc3cc[nH]c23)nc1. The van der Waals surface area contributed by atoms with Crippen molar-refractivity contribution in [3.63, 3.8) is 0 Å². The number of rotatable bonds is 1. The Morgan fingerprint density at radius 2 is 2.13 bits per heavy atom. The first-order valence-corrected chi connectivity index (χ1v) is 4.65. The van der Waals surface area contributed by atoms with E-state index in [9.17, 15) is 0 Å². The zero-order valence-electron chi connectivity index (χ0n) is 7.88. The highest BCUT2D eigenvalue weighted by atomic mass is 15.1. The van der Waals surface area contributed by atoms with Gasteiger partial charge in [-0.15, -0.1) is 5.10 Å². The number of nitrogens with one attached hydrogen (secondary N) is 1. The van der Waals surface area contributed by atoms with Gasteiger partial charge < -0.3 is 4.98 Å². The van der Waals surface area contributed by atoms with Crippen molar-refractivity contribution < 1.29 is 0 Å². The molecule has 3 rings (SSSR count). The Bertz CT molecular complexity index is 586. The first kappa shape index (κ1) is 8.11.